The molecule has 0 aliphatic carbocycles. The Balaban J connectivity index is 2.87. The molecule has 2 N–H and O–H groups in total. The maximum atomic E-state index is 11.4. The van der Waals surface area contributed by atoms with Crippen LogP contribution in [0.4, 0.5) is 5.69 Å². The Morgan fingerprint density at radius 3 is 2.47 bits per heavy atom. The Hall–Kier alpha value is -0.770. The summed E-state index contributed by atoms with van der Waals surface area (Å²) < 4.78 is 0. The van der Waals surface area contributed by atoms with Crippen LogP contribution in [0, 0.1) is 0 Å². The van der Waals surface area contributed by atoms with E-state index in [-0.39, 0.29) is 0 Å². The van der Waals surface area contributed by atoms with Crippen LogP contribution in [-0.2, 0) is 4.79 Å². The maximum Gasteiger partial charge on any atom is 0.255 e. The summed E-state index contributed by atoms with van der Waals surface area (Å²) in [5.74, 6) is -0.522. The van der Waals surface area contributed by atoms with Gasteiger partial charge in [-0.15, -0.1) is 0 Å². The van der Waals surface area contributed by atoms with Crippen molar-refractivity contribution in [3.05, 3.63) is 28.2 Å². The lowest BCUT2D eigenvalue weighted by molar-refractivity contribution is -0.130. The molecular formula is C10H11Cl2NO2. The summed E-state index contributed by atoms with van der Waals surface area (Å²) >= 11 is 11.5. The normalized spacial score (nSPS) is 11.3. The van der Waals surface area contributed by atoms with Gasteiger partial charge in [0.25, 0.3) is 5.91 Å². The van der Waals surface area contributed by atoms with Crippen LogP contribution in [0.25, 0.3) is 0 Å². The second kappa shape index (κ2) is 4.39. The lowest BCUT2D eigenvalue weighted by atomic mass is 10.1. The smallest absolute Gasteiger partial charge is 0.255 e. The van der Waals surface area contributed by atoms with Crippen LogP contribution in [0.3, 0.4) is 0 Å². The van der Waals surface area contributed by atoms with Gasteiger partial charge in [-0.25, -0.2) is 0 Å². The summed E-state index contributed by atoms with van der Waals surface area (Å²) in [6.07, 6.45) is 0. The van der Waals surface area contributed by atoms with E-state index < -0.39 is 11.5 Å². The Morgan fingerprint density at radius 1 is 1.40 bits per heavy atom. The molecule has 0 fully saturated rings. The zero-order chi connectivity index (χ0) is 11.6. The molecule has 1 amide bonds. The first-order chi connectivity index (χ1) is 6.80. The molecule has 1 aromatic carbocycles. The molecule has 0 aliphatic rings. The average molecular weight is 248 g/mol. The minimum absolute atomic E-state index is 0.333. The number of carbonyl (C=O) groups is 1. The molecule has 3 nitrogen and oxygen atoms in total. The Bertz CT molecular complexity index is 385. The van der Waals surface area contributed by atoms with Gasteiger partial charge in [0.15, 0.2) is 0 Å². The number of halogens is 2. The molecule has 15 heavy (non-hydrogen) atoms. The third-order valence-electron chi connectivity index (χ3n) is 1.74. The van der Waals surface area contributed by atoms with Crippen molar-refractivity contribution in [3.8, 4) is 0 Å². The van der Waals surface area contributed by atoms with Gasteiger partial charge in [0.05, 0.1) is 10.7 Å². The van der Waals surface area contributed by atoms with Gasteiger partial charge in [-0.3, -0.25) is 4.79 Å². The number of nitrogens with one attached hydrogen (secondary N) is 1. The number of amides is 1. The molecule has 0 bridgehead atoms. The molecule has 5 heteroatoms. The van der Waals surface area contributed by atoms with Gasteiger partial charge in [-0.05, 0) is 32.0 Å². The van der Waals surface area contributed by atoms with Gasteiger partial charge in [0, 0.05) is 5.02 Å². The fraction of sp³-hybridized carbons (Fsp3) is 0.300. The largest absolute Gasteiger partial charge is 0.381 e. The number of anilines is 1. The quantitative estimate of drug-likeness (QED) is 0.845. The number of carbonyl (C=O) groups excluding carboxylic acids is 1. The highest BCUT2D eigenvalue weighted by atomic mass is 35.5. The molecule has 0 unspecified atom stereocenters. The van der Waals surface area contributed by atoms with Crippen LogP contribution >= 0.6 is 23.2 Å². The van der Waals surface area contributed by atoms with Crippen molar-refractivity contribution < 1.29 is 9.90 Å². The Kier molecular flexibility index (Phi) is 3.60. The van der Waals surface area contributed by atoms with E-state index >= 15 is 0 Å². The maximum absolute atomic E-state index is 11.4. The zero-order valence-corrected chi connectivity index (χ0v) is 9.86. The second-order valence-electron chi connectivity index (χ2n) is 3.64. The molecule has 1 rings (SSSR count). The SMILES string of the molecule is CC(C)(O)C(=O)Nc1ccc(Cl)cc1Cl. The van der Waals surface area contributed by atoms with E-state index in [1.54, 1.807) is 12.1 Å². The highest BCUT2D eigenvalue weighted by Gasteiger charge is 2.24. The Morgan fingerprint density at radius 2 is 2.00 bits per heavy atom. The minimum Gasteiger partial charge on any atom is -0.381 e. The van der Waals surface area contributed by atoms with Crippen LogP contribution < -0.4 is 5.32 Å². The van der Waals surface area contributed by atoms with Crippen LogP contribution in [0.15, 0.2) is 18.2 Å². The number of hydrogen-bond acceptors (Lipinski definition) is 2. The van der Waals surface area contributed by atoms with Crippen molar-refractivity contribution in [2.24, 2.45) is 0 Å². The highest BCUT2D eigenvalue weighted by Crippen LogP contribution is 2.25. The highest BCUT2D eigenvalue weighted by molar-refractivity contribution is 6.36. The summed E-state index contributed by atoms with van der Waals surface area (Å²) in [6.45, 7) is 2.79. The van der Waals surface area contributed by atoms with Crippen molar-refractivity contribution in [1.82, 2.24) is 0 Å². The van der Waals surface area contributed by atoms with Crippen molar-refractivity contribution in [2.75, 3.05) is 5.32 Å². The number of benzene rings is 1. The molecule has 0 radical (unpaired) electrons. The van der Waals surface area contributed by atoms with Gasteiger partial charge in [0.1, 0.15) is 5.60 Å². The predicted octanol–water partition coefficient (Wildman–Crippen LogP) is 2.70. The molecule has 82 valence electrons. The standard InChI is InChI=1S/C10H11Cl2NO2/c1-10(2,15)9(14)13-8-4-3-6(11)5-7(8)12/h3-5,15H,1-2H3,(H,13,14). The van der Waals surface area contributed by atoms with E-state index in [1.807, 2.05) is 0 Å². The van der Waals surface area contributed by atoms with Crippen LogP contribution in [0.2, 0.25) is 10.0 Å². The van der Waals surface area contributed by atoms with Crippen LogP contribution in [0.1, 0.15) is 13.8 Å². The first kappa shape index (κ1) is 12.3. The summed E-state index contributed by atoms with van der Waals surface area (Å²) in [6, 6.07) is 4.70. The van der Waals surface area contributed by atoms with Crippen LogP contribution in [0.5, 0.6) is 0 Å². The van der Waals surface area contributed by atoms with E-state index in [0.29, 0.717) is 15.7 Å². The summed E-state index contributed by atoms with van der Waals surface area (Å²) in [4.78, 5) is 11.4. The summed E-state index contributed by atoms with van der Waals surface area (Å²) in [7, 11) is 0. The monoisotopic (exact) mass is 247 g/mol. The van der Waals surface area contributed by atoms with E-state index in [2.05, 4.69) is 5.32 Å². The zero-order valence-electron chi connectivity index (χ0n) is 8.34. The molecule has 0 atom stereocenters. The molecule has 1 aromatic rings. The Labute approximate surface area is 98.0 Å². The number of aliphatic hydroxyl groups is 1. The van der Waals surface area contributed by atoms with E-state index in [9.17, 15) is 9.90 Å². The average Bonchev–Trinajstić information content (AvgIpc) is 2.08. The fourth-order valence-corrected chi connectivity index (χ4v) is 1.32. The second-order valence-corrected chi connectivity index (χ2v) is 4.48. The van der Waals surface area contributed by atoms with Crippen molar-refractivity contribution in [2.45, 2.75) is 19.4 Å². The summed E-state index contributed by atoms with van der Waals surface area (Å²) in [5.41, 5.74) is -1.02. The molecule has 0 heterocycles. The lowest BCUT2D eigenvalue weighted by Gasteiger charge is -2.17. The number of hydrogen-bond donors (Lipinski definition) is 2. The van der Waals surface area contributed by atoms with Gasteiger partial charge in [0.2, 0.25) is 0 Å². The van der Waals surface area contributed by atoms with E-state index in [0.717, 1.165) is 0 Å². The molecule has 0 aromatic heterocycles. The first-order valence-electron chi connectivity index (χ1n) is 4.29. The molecule has 0 saturated heterocycles. The van der Waals surface area contributed by atoms with Crippen LogP contribution in [-0.4, -0.2) is 16.6 Å². The van der Waals surface area contributed by atoms with Gasteiger partial charge in [-0.1, -0.05) is 23.2 Å². The summed E-state index contributed by atoms with van der Waals surface area (Å²) in [5, 5.41) is 12.7. The third-order valence-corrected chi connectivity index (χ3v) is 2.28. The number of rotatable bonds is 2. The van der Waals surface area contributed by atoms with Gasteiger partial charge >= 0.3 is 0 Å². The minimum atomic E-state index is -1.44. The molecule has 0 aliphatic heterocycles. The predicted molar refractivity (Wildman–Crippen MR) is 61.4 cm³/mol. The molecule has 0 spiro atoms. The fourth-order valence-electron chi connectivity index (χ4n) is 0.866. The lowest BCUT2D eigenvalue weighted by Crippen LogP contribution is -2.36. The van der Waals surface area contributed by atoms with E-state index in [4.69, 9.17) is 23.2 Å². The van der Waals surface area contributed by atoms with Crippen molar-refractivity contribution >= 4 is 34.8 Å². The van der Waals surface area contributed by atoms with Crippen molar-refractivity contribution in [3.63, 3.8) is 0 Å². The van der Waals surface area contributed by atoms with Gasteiger partial charge in [-0.2, -0.15) is 0 Å². The first-order valence-corrected chi connectivity index (χ1v) is 5.05. The topological polar surface area (TPSA) is 49.3 Å². The van der Waals surface area contributed by atoms with Gasteiger partial charge < -0.3 is 10.4 Å². The van der Waals surface area contributed by atoms with E-state index in [1.165, 1.54) is 19.9 Å². The molecule has 0 saturated carbocycles. The molecular weight excluding hydrogens is 237 g/mol. The third kappa shape index (κ3) is 3.38. The van der Waals surface area contributed by atoms with Crippen molar-refractivity contribution in [1.29, 1.82) is 0 Å².